The molecular weight excluding hydrogens is 513 g/mol. The molecule has 172 valence electrons. The zero-order valence-electron chi connectivity index (χ0n) is 15.8. The van der Waals surface area contributed by atoms with E-state index in [1.807, 2.05) is 0 Å². The lowest BCUT2D eigenvalue weighted by molar-refractivity contribution is -0.274. The first-order valence-electron chi connectivity index (χ1n) is 8.65. The van der Waals surface area contributed by atoms with Crippen LogP contribution in [0.5, 0.6) is 5.75 Å². The fraction of sp³-hybridized carbons (Fsp3) is 0.167. The Morgan fingerprint density at radius 3 is 2.25 bits per heavy atom. The lowest BCUT2D eigenvalue weighted by Gasteiger charge is -2.11. The minimum Gasteiger partial charge on any atom is -0.404 e. The van der Waals surface area contributed by atoms with Crippen molar-refractivity contribution in [1.29, 1.82) is 0 Å². The van der Waals surface area contributed by atoms with Crippen LogP contribution in [0.15, 0.2) is 63.8 Å². The number of hydrogen-bond acceptors (Lipinski definition) is 7. The first-order valence-corrected chi connectivity index (χ1v) is 13.0. The number of benzene rings is 2. The summed E-state index contributed by atoms with van der Waals surface area (Å²) in [7, 11) is -7.73. The average molecular weight is 527 g/mol. The molecule has 0 aliphatic rings. The highest BCUT2D eigenvalue weighted by Gasteiger charge is 2.32. The molecule has 0 spiro atoms. The summed E-state index contributed by atoms with van der Waals surface area (Å²) in [6.45, 7) is 0. The Labute approximate surface area is 190 Å². The minimum absolute atomic E-state index is 0.0278. The molecule has 1 N–H and O–H groups in total. The molecule has 3 aromatic rings. The molecule has 0 unspecified atom stereocenters. The summed E-state index contributed by atoms with van der Waals surface area (Å²) in [4.78, 5) is 3.58. The summed E-state index contributed by atoms with van der Waals surface area (Å²) in [6.07, 6.45) is -3.49. The van der Waals surface area contributed by atoms with Crippen molar-refractivity contribution >= 4 is 47.9 Å². The first kappa shape index (κ1) is 24.3. The topological polar surface area (TPSA) is 102 Å². The SMILES string of the molecule is O=S(=O)(CCc1ccc(OC(F)(F)F)c(Cl)c1)c1ccc(S(=O)(=O)Nc2nccs2)cc1. The number of nitrogens with zero attached hydrogens (tertiary/aromatic N) is 1. The summed E-state index contributed by atoms with van der Waals surface area (Å²) < 4.78 is 92.8. The fourth-order valence-corrected chi connectivity index (χ4v) is 5.87. The van der Waals surface area contributed by atoms with Gasteiger partial charge in [0.25, 0.3) is 10.0 Å². The Kier molecular flexibility index (Phi) is 7.03. The number of sulfonamides is 1. The van der Waals surface area contributed by atoms with E-state index >= 15 is 0 Å². The molecule has 1 heterocycles. The number of ether oxygens (including phenoxy) is 1. The molecule has 0 aliphatic heterocycles. The van der Waals surface area contributed by atoms with Gasteiger partial charge in [0.2, 0.25) is 0 Å². The molecule has 0 bridgehead atoms. The highest BCUT2D eigenvalue weighted by atomic mass is 35.5. The molecule has 7 nitrogen and oxygen atoms in total. The molecule has 0 atom stereocenters. The van der Waals surface area contributed by atoms with Crippen LogP contribution in [0, 0.1) is 0 Å². The zero-order chi connectivity index (χ0) is 23.6. The summed E-state index contributed by atoms with van der Waals surface area (Å²) in [5, 5.41) is 1.46. The number of hydrogen-bond donors (Lipinski definition) is 1. The van der Waals surface area contributed by atoms with Gasteiger partial charge < -0.3 is 4.74 Å². The van der Waals surface area contributed by atoms with Crippen molar-refractivity contribution in [1.82, 2.24) is 4.98 Å². The van der Waals surface area contributed by atoms with Crippen molar-refractivity contribution in [3.63, 3.8) is 0 Å². The summed E-state index contributed by atoms with van der Waals surface area (Å²) >= 11 is 6.86. The van der Waals surface area contributed by atoms with Crippen molar-refractivity contribution < 1.29 is 34.7 Å². The van der Waals surface area contributed by atoms with Crippen molar-refractivity contribution in [2.24, 2.45) is 0 Å². The molecule has 0 radical (unpaired) electrons. The van der Waals surface area contributed by atoms with Gasteiger partial charge in [0, 0.05) is 11.6 Å². The average Bonchev–Trinajstić information content (AvgIpc) is 3.20. The van der Waals surface area contributed by atoms with Gasteiger partial charge in [-0.25, -0.2) is 21.8 Å². The van der Waals surface area contributed by atoms with Crippen LogP contribution >= 0.6 is 22.9 Å². The number of anilines is 1. The normalized spacial score (nSPS) is 12.5. The van der Waals surface area contributed by atoms with Crippen molar-refractivity contribution in [2.45, 2.75) is 22.6 Å². The van der Waals surface area contributed by atoms with E-state index in [1.165, 1.54) is 30.5 Å². The molecular formula is C18H14ClF3N2O5S3. The number of halogens is 4. The van der Waals surface area contributed by atoms with Crippen LogP contribution in [-0.2, 0) is 26.3 Å². The minimum atomic E-state index is -4.90. The van der Waals surface area contributed by atoms with Gasteiger partial charge >= 0.3 is 6.36 Å². The monoisotopic (exact) mass is 526 g/mol. The summed E-state index contributed by atoms with van der Waals surface area (Å²) in [5.41, 5.74) is 0.389. The van der Waals surface area contributed by atoms with Crippen LogP contribution in [0.1, 0.15) is 5.56 Å². The number of alkyl halides is 3. The Morgan fingerprint density at radius 1 is 1.03 bits per heavy atom. The van der Waals surface area contributed by atoms with E-state index in [1.54, 1.807) is 5.38 Å². The number of aryl methyl sites for hydroxylation is 1. The van der Waals surface area contributed by atoms with E-state index in [9.17, 15) is 30.0 Å². The van der Waals surface area contributed by atoms with E-state index in [0.717, 1.165) is 29.5 Å². The van der Waals surface area contributed by atoms with Gasteiger partial charge in [-0.15, -0.1) is 24.5 Å². The standard InChI is InChI=1S/C18H14ClF3N2O5S3/c19-15-11-12(1-6-16(15)29-18(20,21)22)7-10-31(25,26)13-2-4-14(5-3-13)32(27,28)24-17-23-8-9-30-17/h1-6,8-9,11H,7,10H2,(H,23,24). The van der Waals surface area contributed by atoms with Crippen molar-refractivity contribution in [3.8, 4) is 5.75 Å². The van der Waals surface area contributed by atoms with Crippen LogP contribution < -0.4 is 9.46 Å². The number of rotatable bonds is 8. The number of aromatic nitrogens is 1. The van der Waals surface area contributed by atoms with Crippen LogP contribution in [0.3, 0.4) is 0 Å². The van der Waals surface area contributed by atoms with Gasteiger partial charge in [-0.2, -0.15) is 0 Å². The largest absolute Gasteiger partial charge is 0.573 e. The van der Waals surface area contributed by atoms with Crippen LogP contribution in [0.25, 0.3) is 0 Å². The van der Waals surface area contributed by atoms with Gasteiger partial charge in [0.15, 0.2) is 15.0 Å². The van der Waals surface area contributed by atoms with Crippen LogP contribution in [-0.4, -0.2) is 33.9 Å². The van der Waals surface area contributed by atoms with E-state index in [0.29, 0.717) is 5.56 Å². The Balaban J connectivity index is 1.69. The second-order valence-corrected chi connectivity index (χ2v) is 11.4. The van der Waals surface area contributed by atoms with E-state index in [2.05, 4.69) is 14.4 Å². The lowest BCUT2D eigenvalue weighted by Crippen LogP contribution is -2.17. The maximum atomic E-state index is 12.6. The number of sulfone groups is 1. The predicted molar refractivity (Wildman–Crippen MR) is 113 cm³/mol. The molecule has 1 aromatic heterocycles. The second kappa shape index (κ2) is 9.25. The van der Waals surface area contributed by atoms with Gasteiger partial charge in [0.1, 0.15) is 5.75 Å². The second-order valence-electron chi connectivity index (χ2n) is 6.30. The van der Waals surface area contributed by atoms with Crippen molar-refractivity contribution in [3.05, 3.63) is 64.6 Å². The molecule has 32 heavy (non-hydrogen) atoms. The molecule has 3 rings (SSSR count). The third kappa shape index (κ3) is 6.34. The molecule has 0 saturated carbocycles. The number of thiazole rings is 1. The van der Waals surface area contributed by atoms with Gasteiger partial charge in [-0.1, -0.05) is 17.7 Å². The molecule has 14 heteroatoms. The molecule has 0 aliphatic carbocycles. The van der Waals surface area contributed by atoms with Gasteiger partial charge in [-0.05, 0) is 48.4 Å². The highest BCUT2D eigenvalue weighted by Crippen LogP contribution is 2.31. The number of nitrogens with one attached hydrogen (secondary N) is 1. The third-order valence-corrected chi connectivity index (χ3v) is 8.23. The van der Waals surface area contributed by atoms with E-state index in [4.69, 9.17) is 11.6 Å². The summed E-state index contributed by atoms with van der Waals surface area (Å²) in [6, 6.07) is 8.12. The highest BCUT2D eigenvalue weighted by molar-refractivity contribution is 7.93. The predicted octanol–water partition coefficient (Wildman–Crippen LogP) is 4.51. The maximum absolute atomic E-state index is 12.6. The van der Waals surface area contributed by atoms with Gasteiger partial charge in [0.05, 0.1) is 20.6 Å². The van der Waals surface area contributed by atoms with E-state index < -0.39 is 32.0 Å². The van der Waals surface area contributed by atoms with E-state index in [-0.39, 0.29) is 32.1 Å². The van der Waals surface area contributed by atoms with Crippen molar-refractivity contribution in [2.75, 3.05) is 10.5 Å². The zero-order valence-corrected chi connectivity index (χ0v) is 19.0. The Morgan fingerprint density at radius 2 is 1.69 bits per heavy atom. The van der Waals surface area contributed by atoms with Crippen LogP contribution in [0.2, 0.25) is 5.02 Å². The summed E-state index contributed by atoms with van der Waals surface area (Å²) in [5.74, 6) is -0.958. The molecule has 0 amide bonds. The third-order valence-electron chi connectivity index (χ3n) is 4.03. The molecule has 0 fully saturated rings. The van der Waals surface area contributed by atoms with Crippen LogP contribution in [0.4, 0.5) is 18.3 Å². The fourth-order valence-electron chi connectivity index (χ4n) is 2.55. The molecule has 2 aromatic carbocycles. The Bertz CT molecular complexity index is 1290. The Hall–Kier alpha value is -2.35. The molecule has 0 saturated heterocycles. The smallest absolute Gasteiger partial charge is 0.404 e. The maximum Gasteiger partial charge on any atom is 0.573 e. The first-order chi connectivity index (χ1) is 14.9. The quantitative estimate of drug-likeness (QED) is 0.463. The van der Waals surface area contributed by atoms with Gasteiger partial charge in [-0.3, -0.25) is 4.72 Å². The lowest BCUT2D eigenvalue weighted by atomic mass is 10.2.